The van der Waals surface area contributed by atoms with E-state index in [9.17, 15) is 9.59 Å². The molecule has 0 fully saturated rings. The molecular formula is C15H16N4O2. The molecule has 108 valence electrons. The summed E-state index contributed by atoms with van der Waals surface area (Å²) >= 11 is 0. The van der Waals surface area contributed by atoms with E-state index in [2.05, 4.69) is 40.1 Å². The number of aryl methyl sites for hydroxylation is 4. The number of imidazole rings is 1. The first-order valence-electron chi connectivity index (χ1n) is 6.78. The van der Waals surface area contributed by atoms with Gasteiger partial charge in [0.05, 0.1) is 0 Å². The average molecular weight is 284 g/mol. The Balaban J connectivity index is 1.92. The van der Waals surface area contributed by atoms with Crippen molar-refractivity contribution in [1.82, 2.24) is 19.5 Å². The highest BCUT2D eigenvalue weighted by molar-refractivity contribution is 5.69. The van der Waals surface area contributed by atoms with Gasteiger partial charge in [0.2, 0.25) is 0 Å². The van der Waals surface area contributed by atoms with E-state index >= 15 is 0 Å². The van der Waals surface area contributed by atoms with E-state index in [4.69, 9.17) is 0 Å². The summed E-state index contributed by atoms with van der Waals surface area (Å²) in [7, 11) is 1.59. The summed E-state index contributed by atoms with van der Waals surface area (Å²) in [6.45, 7) is 2.06. The second-order valence-electron chi connectivity index (χ2n) is 5.19. The molecule has 21 heavy (non-hydrogen) atoms. The van der Waals surface area contributed by atoms with E-state index in [1.54, 1.807) is 7.05 Å². The normalized spacial score (nSPS) is 11.1. The number of fused-ring (bicyclic) bond motifs is 1. The molecule has 6 nitrogen and oxygen atoms in total. The molecule has 0 unspecified atom stereocenters. The molecule has 0 saturated heterocycles. The Bertz CT molecular complexity index is 917. The zero-order valence-electron chi connectivity index (χ0n) is 11.9. The standard InChI is InChI=1S/C15H16N4O2/c1-9-4-3-5-10(8-9)6-7-11-16-12-13(17-11)19(2)15(21)18-14(12)20/h3-5,8H,6-7H2,1-2H3,(H,16,17)(H,18,20,21). The monoisotopic (exact) mass is 284 g/mol. The highest BCUT2D eigenvalue weighted by Crippen LogP contribution is 2.09. The van der Waals surface area contributed by atoms with Crippen LogP contribution in [0.25, 0.3) is 11.2 Å². The van der Waals surface area contributed by atoms with Gasteiger partial charge in [0.25, 0.3) is 5.56 Å². The Morgan fingerprint density at radius 2 is 2.00 bits per heavy atom. The fraction of sp³-hybridized carbons (Fsp3) is 0.267. The lowest BCUT2D eigenvalue weighted by molar-refractivity contribution is 0.827. The molecule has 6 heteroatoms. The van der Waals surface area contributed by atoms with Crippen molar-refractivity contribution in [2.75, 3.05) is 0 Å². The molecule has 0 aliphatic heterocycles. The third-order valence-electron chi connectivity index (χ3n) is 3.54. The van der Waals surface area contributed by atoms with Gasteiger partial charge >= 0.3 is 5.69 Å². The van der Waals surface area contributed by atoms with Gasteiger partial charge in [0.15, 0.2) is 5.65 Å². The van der Waals surface area contributed by atoms with E-state index in [-0.39, 0.29) is 0 Å². The maximum absolute atomic E-state index is 11.7. The second kappa shape index (κ2) is 5.05. The molecule has 2 aromatic heterocycles. The van der Waals surface area contributed by atoms with Crippen LogP contribution < -0.4 is 11.2 Å². The molecule has 0 bridgehead atoms. The van der Waals surface area contributed by atoms with Crippen LogP contribution in [0.2, 0.25) is 0 Å². The van der Waals surface area contributed by atoms with E-state index in [0.29, 0.717) is 23.4 Å². The number of benzene rings is 1. The number of rotatable bonds is 3. The Morgan fingerprint density at radius 1 is 1.19 bits per heavy atom. The summed E-state index contributed by atoms with van der Waals surface area (Å²) in [5.74, 6) is 0.707. The zero-order valence-corrected chi connectivity index (χ0v) is 11.9. The van der Waals surface area contributed by atoms with Crippen LogP contribution in [-0.4, -0.2) is 19.5 Å². The Hall–Kier alpha value is -2.63. The first-order chi connectivity index (χ1) is 10.0. The van der Waals surface area contributed by atoms with Crippen molar-refractivity contribution in [2.45, 2.75) is 19.8 Å². The van der Waals surface area contributed by atoms with Gasteiger partial charge in [-0.25, -0.2) is 9.78 Å². The van der Waals surface area contributed by atoms with Crippen LogP contribution in [0.3, 0.4) is 0 Å². The Kier molecular flexibility index (Phi) is 3.21. The first-order valence-corrected chi connectivity index (χ1v) is 6.78. The lowest BCUT2D eigenvalue weighted by Crippen LogP contribution is -2.28. The van der Waals surface area contributed by atoms with E-state index in [1.807, 2.05) is 6.07 Å². The average Bonchev–Trinajstić information content (AvgIpc) is 2.88. The minimum absolute atomic E-state index is 0.344. The number of hydrogen-bond donors (Lipinski definition) is 2. The van der Waals surface area contributed by atoms with Gasteiger partial charge in [-0.05, 0) is 18.9 Å². The van der Waals surface area contributed by atoms with Gasteiger partial charge in [-0.1, -0.05) is 29.8 Å². The number of nitrogens with one attached hydrogen (secondary N) is 2. The van der Waals surface area contributed by atoms with Crippen LogP contribution in [0.4, 0.5) is 0 Å². The number of aromatic nitrogens is 4. The maximum Gasteiger partial charge on any atom is 0.329 e. The molecule has 1 aromatic carbocycles. The largest absolute Gasteiger partial charge is 0.336 e. The van der Waals surface area contributed by atoms with Gasteiger partial charge in [-0.15, -0.1) is 0 Å². The molecule has 0 saturated carbocycles. The molecule has 3 rings (SSSR count). The van der Waals surface area contributed by atoms with E-state index in [1.165, 1.54) is 15.7 Å². The number of H-pyrrole nitrogens is 2. The van der Waals surface area contributed by atoms with Crippen molar-refractivity contribution < 1.29 is 0 Å². The topological polar surface area (TPSA) is 83.5 Å². The fourth-order valence-corrected chi connectivity index (χ4v) is 2.40. The van der Waals surface area contributed by atoms with E-state index in [0.717, 1.165) is 6.42 Å². The fourth-order valence-electron chi connectivity index (χ4n) is 2.40. The minimum atomic E-state index is -0.454. The molecule has 0 spiro atoms. The molecule has 0 atom stereocenters. The summed E-state index contributed by atoms with van der Waals surface area (Å²) in [6.07, 6.45) is 1.51. The van der Waals surface area contributed by atoms with Crippen LogP contribution in [0.15, 0.2) is 33.9 Å². The van der Waals surface area contributed by atoms with Crippen molar-refractivity contribution >= 4 is 11.2 Å². The Morgan fingerprint density at radius 3 is 2.76 bits per heavy atom. The van der Waals surface area contributed by atoms with Gasteiger partial charge in [-0.3, -0.25) is 14.3 Å². The number of nitrogens with zero attached hydrogens (tertiary/aromatic N) is 2. The molecule has 0 aliphatic carbocycles. The summed E-state index contributed by atoms with van der Waals surface area (Å²) in [5, 5.41) is 0. The number of hydrogen-bond acceptors (Lipinski definition) is 3. The summed E-state index contributed by atoms with van der Waals surface area (Å²) < 4.78 is 1.34. The third-order valence-corrected chi connectivity index (χ3v) is 3.54. The van der Waals surface area contributed by atoms with Crippen molar-refractivity contribution in [3.63, 3.8) is 0 Å². The third kappa shape index (κ3) is 2.52. The lowest BCUT2D eigenvalue weighted by atomic mass is 10.1. The van der Waals surface area contributed by atoms with Crippen molar-refractivity contribution in [3.05, 3.63) is 62.1 Å². The Labute approximate surface area is 120 Å². The highest BCUT2D eigenvalue weighted by Gasteiger charge is 2.10. The predicted molar refractivity (Wildman–Crippen MR) is 80.5 cm³/mol. The summed E-state index contributed by atoms with van der Waals surface area (Å²) in [4.78, 5) is 32.9. The van der Waals surface area contributed by atoms with Gasteiger partial charge in [0.1, 0.15) is 11.3 Å². The lowest BCUT2D eigenvalue weighted by Gasteiger charge is -2.00. The second-order valence-corrected chi connectivity index (χ2v) is 5.19. The maximum atomic E-state index is 11.7. The molecule has 0 amide bonds. The van der Waals surface area contributed by atoms with Crippen molar-refractivity contribution in [3.8, 4) is 0 Å². The highest BCUT2D eigenvalue weighted by atomic mass is 16.2. The SMILES string of the molecule is Cc1cccc(CCc2nc3c([nH]2)c(=O)[nH]c(=O)n3C)c1. The van der Waals surface area contributed by atoms with Gasteiger partial charge < -0.3 is 4.98 Å². The quantitative estimate of drug-likeness (QED) is 0.754. The smallest absolute Gasteiger partial charge is 0.329 e. The molecule has 0 radical (unpaired) electrons. The zero-order chi connectivity index (χ0) is 15.0. The minimum Gasteiger partial charge on any atom is -0.336 e. The molecule has 0 aliphatic rings. The van der Waals surface area contributed by atoms with Gasteiger partial charge in [0, 0.05) is 13.5 Å². The summed E-state index contributed by atoms with van der Waals surface area (Å²) in [5.41, 5.74) is 2.29. The molecule has 2 N–H and O–H groups in total. The predicted octanol–water partition coefficient (Wildman–Crippen LogP) is 1.04. The number of aromatic amines is 2. The molecule has 2 heterocycles. The van der Waals surface area contributed by atoms with Crippen molar-refractivity contribution in [1.29, 1.82) is 0 Å². The van der Waals surface area contributed by atoms with Crippen LogP contribution in [0.1, 0.15) is 17.0 Å². The van der Waals surface area contributed by atoms with Gasteiger partial charge in [-0.2, -0.15) is 0 Å². The van der Waals surface area contributed by atoms with Crippen LogP contribution >= 0.6 is 0 Å². The van der Waals surface area contributed by atoms with E-state index < -0.39 is 11.2 Å². The van der Waals surface area contributed by atoms with Crippen molar-refractivity contribution in [2.24, 2.45) is 7.05 Å². The molecule has 3 aromatic rings. The molecular weight excluding hydrogens is 268 g/mol. The first kappa shape index (κ1) is 13.4. The van der Waals surface area contributed by atoms with Crippen LogP contribution in [-0.2, 0) is 19.9 Å². The summed E-state index contributed by atoms with van der Waals surface area (Å²) in [6, 6.07) is 8.28. The van der Waals surface area contributed by atoms with Crippen LogP contribution in [0, 0.1) is 6.92 Å². The van der Waals surface area contributed by atoms with Crippen LogP contribution in [0.5, 0.6) is 0 Å².